The van der Waals surface area contributed by atoms with Gasteiger partial charge < -0.3 is 10.2 Å². The molecule has 1 amide bonds. The standard InChI is InChI=1S/C13H26N2O/c1-11(2)6-9-15(4)12(16)13(10-14-3)7-5-8-13/h11,14H,5-10H2,1-4H3. The SMILES string of the molecule is CNCC1(C(=O)N(C)CCC(C)C)CCC1. The van der Waals surface area contributed by atoms with Crippen molar-refractivity contribution >= 4 is 5.91 Å². The van der Waals surface area contributed by atoms with Gasteiger partial charge in [-0.2, -0.15) is 0 Å². The fourth-order valence-corrected chi connectivity index (χ4v) is 2.37. The quantitative estimate of drug-likeness (QED) is 0.750. The van der Waals surface area contributed by atoms with Crippen LogP contribution in [0.3, 0.4) is 0 Å². The first kappa shape index (κ1) is 13.5. The Kier molecular flexibility index (Phi) is 4.78. The van der Waals surface area contributed by atoms with Gasteiger partial charge in [0.25, 0.3) is 0 Å². The minimum absolute atomic E-state index is 0.0829. The van der Waals surface area contributed by atoms with Crippen LogP contribution in [0.4, 0.5) is 0 Å². The molecular formula is C13H26N2O. The Morgan fingerprint density at radius 1 is 1.44 bits per heavy atom. The van der Waals surface area contributed by atoms with E-state index in [0.29, 0.717) is 11.8 Å². The second kappa shape index (κ2) is 5.67. The first-order valence-corrected chi connectivity index (χ1v) is 6.42. The molecule has 1 aliphatic carbocycles. The molecule has 0 atom stereocenters. The highest BCUT2D eigenvalue weighted by Crippen LogP contribution is 2.41. The normalized spacial score (nSPS) is 18.3. The number of carbonyl (C=O) groups is 1. The lowest BCUT2D eigenvalue weighted by atomic mass is 9.67. The molecule has 0 bridgehead atoms. The Bertz CT molecular complexity index is 234. The molecule has 0 radical (unpaired) electrons. The molecule has 16 heavy (non-hydrogen) atoms. The van der Waals surface area contributed by atoms with E-state index >= 15 is 0 Å². The molecule has 94 valence electrons. The van der Waals surface area contributed by atoms with Crippen molar-refractivity contribution < 1.29 is 4.79 Å². The van der Waals surface area contributed by atoms with E-state index in [1.165, 1.54) is 6.42 Å². The number of hydrogen-bond acceptors (Lipinski definition) is 2. The van der Waals surface area contributed by atoms with E-state index in [0.717, 1.165) is 32.4 Å². The molecule has 1 rings (SSSR count). The molecule has 0 aromatic heterocycles. The van der Waals surface area contributed by atoms with Gasteiger partial charge in [-0.05, 0) is 32.2 Å². The lowest BCUT2D eigenvalue weighted by molar-refractivity contribution is -0.145. The third kappa shape index (κ3) is 2.97. The van der Waals surface area contributed by atoms with Gasteiger partial charge in [0.05, 0.1) is 5.41 Å². The average Bonchev–Trinajstić information content (AvgIpc) is 2.18. The zero-order chi connectivity index (χ0) is 12.2. The van der Waals surface area contributed by atoms with Crippen LogP contribution < -0.4 is 5.32 Å². The Labute approximate surface area is 99.6 Å². The minimum atomic E-state index is -0.0829. The van der Waals surface area contributed by atoms with Crippen molar-refractivity contribution in [3.05, 3.63) is 0 Å². The average molecular weight is 226 g/mol. The van der Waals surface area contributed by atoms with Crippen LogP contribution in [-0.2, 0) is 4.79 Å². The van der Waals surface area contributed by atoms with E-state index in [2.05, 4.69) is 19.2 Å². The molecular weight excluding hydrogens is 200 g/mol. The van der Waals surface area contributed by atoms with Crippen LogP contribution in [0.5, 0.6) is 0 Å². The minimum Gasteiger partial charge on any atom is -0.345 e. The summed E-state index contributed by atoms with van der Waals surface area (Å²) in [6.45, 7) is 6.12. The number of rotatable bonds is 6. The fraction of sp³-hybridized carbons (Fsp3) is 0.923. The van der Waals surface area contributed by atoms with Crippen LogP contribution in [0.15, 0.2) is 0 Å². The number of nitrogens with zero attached hydrogens (tertiary/aromatic N) is 1. The third-order valence-electron chi connectivity index (χ3n) is 3.67. The second-order valence-corrected chi connectivity index (χ2v) is 5.57. The first-order chi connectivity index (χ1) is 7.52. The van der Waals surface area contributed by atoms with Crippen LogP contribution in [-0.4, -0.2) is 38.0 Å². The third-order valence-corrected chi connectivity index (χ3v) is 3.67. The van der Waals surface area contributed by atoms with Gasteiger partial charge in [0.1, 0.15) is 0 Å². The van der Waals surface area contributed by atoms with Gasteiger partial charge in [-0.3, -0.25) is 4.79 Å². The van der Waals surface area contributed by atoms with Crippen LogP contribution in [0.1, 0.15) is 39.5 Å². The molecule has 1 saturated carbocycles. The van der Waals surface area contributed by atoms with Gasteiger partial charge >= 0.3 is 0 Å². The molecule has 0 aliphatic heterocycles. The Balaban J connectivity index is 2.48. The van der Waals surface area contributed by atoms with Crippen LogP contribution in [0, 0.1) is 11.3 Å². The van der Waals surface area contributed by atoms with Crippen molar-refractivity contribution in [1.82, 2.24) is 10.2 Å². The van der Waals surface area contributed by atoms with Gasteiger partial charge in [0.15, 0.2) is 0 Å². The second-order valence-electron chi connectivity index (χ2n) is 5.57. The summed E-state index contributed by atoms with van der Waals surface area (Å²) in [5.41, 5.74) is -0.0829. The predicted octanol–water partition coefficient (Wildman–Crippen LogP) is 1.88. The highest BCUT2D eigenvalue weighted by atomic mass is 16.2. The predicted molar refractivity (Wildman–Crippen MR) is 67.3 cm³/mol. The molecule has 0 spiro atoms. The van der Waals surface area contributed by atoms with Crippen LogP contribution >= 0.6 is 0 Å². The maximum absolute atomic E-state index is 12.3. The molecule has 0 aromatic rings. The lowest BCUT2D eigenvalue weighted by Gasteiger charge is -2.42. The van der Waals surface area contributed by atoms with E-state index in [1.807, 2.05) is 19.0 Å². The Hall–Kier alpha value is -0.570. The first-order valence-electron chi connectivity index (χ1n) is 6.42. The summed E-state index contributed by atoms with van der Waals surface area (Å²) < 4.78 is 0. The maximum atomic E-state index is 12.3. The molecule has 0 unspecified atom stereocenters. The van der Waals surface area contributed by atoms with Crippen molar-refractivity contribution in [2.24, 2.45) is 11.3 Å². The maximum Gasteiger partial charge on any atom is 0.229 e. The lowest BCUT2D eigenvalue weighted by Crippen LogP contribution is -2.51. The summed E-state index contributed by atoms with van der Waals surface area (Å²) in [5.74, 6) is 1.01. The monoisotopic (exact) mass is 226 g/mol. The van der Waals surface area contributed by atoms with Crippen LogP contribution in [0.2, 0.25) is 0 Å². The van der Waals surface area contributed by atoms with Gasteiger partial charge in [0.2, 0.25) is 5.91 Å². The summed E-state index contributed by atoms with van der Waals surface area (Å²) in [6, 6.07) is 0. The van der Waals surface area contributed by atoms with Crippen LogP contribution in [0.25, 0.3) is 0 Å². The van der Waals surface area contributed by atoms with E-state index < -0.39 is 0 Å². The zero-order valence-electron chi connectivity index (χ0n) is 11.2. The van der Waals surface area contributed by atoms with E-state index in [-0.39, 0.29) is 5.41 Å². The van der Waals surface area contributed by atoms with Crippen molar-refractivity contribution in [2.75, 3.05) is 27.2 Å². The summed E-state index contributed by atoms with van der Waals surface area (Å²) in [6.07, 6.45) is 4.40. The summed E-state index contributed by atoms with van der Waals surface area (Å²) in [4.78, 5) is 14.3. The summed E-state index contributed by atoms with van der Waals surface area (Å²) in [5, 5.41) is 3.16. The van der Waals surface area contributed by atoms with Gasteiger partial charge in [0, 0.05) is 20.1 Å². The molecule has 0 aromatic carbocycles. The highest BCUT2D eigenvalue weighted by Gasteiger charge is 2.44. The van der Waals surface area contributed by atoms with Gasteiger partial charge in [-0.25, -0.2) is 0 Å². The molecule has 3 heteroatoms. The van der Waals surface area contributed by atoms with E-state index in [4.69, 9.17) is 0 Å². The van der Waals surface area contributed by atoms with Crippen molar-refractivity contribution in [3.63, 3.8) is 0 Å². The van der Waals surface area contributed by atoms with Crippen molar-refractivity contribution in [2.45, 2.75) is 39.5 Å². The summed E-state index contributed by atoms with van der Waals surface area (Å²) in [7, 11) is 3.88. The summed E-state index contributed by atoms with van der Waals surface area (Å²) >= 11 is 0. The van der Waals surface area contributed by atoms with Crippen molar-refractivity contribution in [3.8, 4) is 0 Å². The van der Waals surface area contributed by atoms with E-state index in [1.54, 1.807) is 0 Å². The molecule has 0 heterocycles. The largest absolute Gasteiger partial charge is 0.345 e. The Morgan fingerprint density at radius 3 is 2.44 bits per heavy atom. The molecule has 1 fully saturated rings. The van der Waals surface area contributed by atoms with Gasteiger partial charge in [-0.1, -0.05) is 20.3 Å². The van der Waals surface area contributed by atoms with Gasteiger partial charge in [-0.15, -0.1) is 0 Å². The number of nitrogens with one attached hydrogen (secondary N) is 1. The highest BCUT2D eigenvalue weighted by molar-refractivity contribution is 5.83. The Morgan fingerprint density at radius 2 is 2.06 bits per heavy atom. The molecule has 1 aliphatic rings. The smallest absolute Gasteiger partial charge is 0.229 e. The number of carbonyl (C=O) groups excluding carboxylic acids is 1. The number of amides is 1. The molecule has 1 N–H and O–H groups in total. The number of hydrogen-bond donors (Lipinski definition) is 1. The molecule has 0 saturated heterocycles. The van der Waals surface area contributed by atoms with E-state index in [9.17, 15) is 4.79 Å². The molecule has 3 nitrogen and oxygen atoms in total. The van der Waals surface area contributed by atoms with Crippen molar-refractivity contribution in [1.29, 1.82) is 0 Å². The fourth-order valence-electron chi connectivity index (χ4n) is 2.37. The topological polar surface area (TPSA) is 32.3 Å². The zero-order valence-corrected chi connectivity index (χ0v) is 11.2.